The molecule has 0 aromatic carbocycles. The molecule has 60 valence electrons. The van der Waals surface area contributed by atoms with Gasteiger partial charge in [0.05, 0.1) is 0 Å². The Hall–Kier alpha value is 0.180. The molecule has 2 heteroatoms. The molecule has 0 fully saturated rings. The fourth-order valence-electron chi connectivity index (χ4n) is 1.61. The van der Waals surface area contributed by atoms with Crippen LogP contribution in [0.5, 0.6) is 0 Å². The van der Waals surface area contributed by atoms with E-state index in [1.807, 2.05) is 11.3 Å². The highest BCUT2D eigenvalue weighted by Gasteiger charge is 2.13. The van der Waals surface area contributed by atoms with Gasteiger partial charge in [-0.05, 0) is 37.3 Å². The minimum Gasteiger partial charge on any atom is -0.145 e. The third kappa shape index (κ3) is 1.52. The van der Waals surface area contributed by atoms with Crippen LogP contribution in [-0.2, 0) is 19.3 Å². The van der Waals surface area contributed by atoms with Crippen LogP contribution in [0.25, 0.3) is 0 Å². The van der Waals surface area contributed by atoms with Crippen LogP contribution < -0.4 is 0 Å². The zero-order chi connectivity index (χ0) is 7.68. The van der Waals surface area contributed by atoms with Gasteiger partial charge in [-0.1, -0.05) is 15.9 Å². The van der Waals surface area contributed by atoms with Crippen LogP contribution in [0.3, 0.4) is 0 Å². The second kappa shape index (κ2) is 3.28. The fourth-order valence-corrected chi connectivity index (χ4v) is 3.56. The minimum absolute atomic E-state index is 1.10. The maximum atomic E-state index is 3.47. The Morgan fingerprint density at radius 3 is 3.09 bits per heavy atom. The summed E-state index contributed by atoms with van der Waals surface area (Å²) in [5.41, 5.74) is 1.63. The summed E-state index contributed by atoms with van der Waals surface area (Å²) < 4.78 is 0. The van der Waals surface area contributed by atoms with Crippen molar-refractivity contribution in [1.82, 2.24) is 0 Å². The third-order valence-electron chi connectivity index (χ3n) is 2.14. The number of aryl methyl sites for hydroxylation is 3. The number of hydrogen-bond acceptors (Lipinski definition) is 1. The van der Waals surface area contributed by atoms with Crippen LogP contribution >= 0.6 is 27.3 Å². The summed E-state index contributed by atoms with van der Waals surface area (Å²) in [6.45, 7) is 0. The first-order chi connectivity index (χ1) is 5.40. The Morgan fingerprint density at radius 2 is 2.36 bits per heavy atom. The molecule has 0 saturated heterocycles. The monoisotopic (exact) mass is 230 g/mol. The summed E-state index contributed by atoms with van der Waals surface area (Å²) in [6, 6.07) is 2.40. The third-order valence-corrected chi connectivity index (χ3v) is 3.83. The molecule has 1 aliphatic rings. The smallest absolute Gasteiger partial charge is 0.00802 e. The highest BCUT2D eigenvalue weighted by Crippen LogP contribution is 2.30. The van der Waals surface area contributed by atoms with Crippen LogP contribution in [0, 0.1) is 0 Å². The molecule has 11 heavy (non-hydrogen) atoms. The molecule has 0 bridgehead atoms. The van der Waals surface area contributed by atoms with Crippen LogP contribution in [-0.4, -0.2) is 5.33 Å². The molecule has 0 atom stereocenters. The Bertz CT molecular complexity index is 231. The van der Waals surface area contributed by atoms with E-state index < -0.39 is 0 Å². The normalized spacial score (nSPS) is 15.4. The molecule has 1 aromatic rings. The van der Waals surface area contributed by atoms with E-state index in [2.05, 4.69) is 22.0 Å². The van der Waals surface area contributed by atoms with Gasteiger partial charge in [-0.3, -0.25) is 0 Å². The van der Waals surface area contributed by atoms with Crippen molar-refractivity contribution in [2.24, 2.45) is 0 Å². The predicted molar refractivity (Wildman–Crippen MR) is 53.8 cm³/mol. The average Bonchev–Trinajstić information content (AvgIpc) is 2.46. The zero-order valence-corrected chi connectivity index (χ0v) is 8.80. The molecule has 1 heterocycles. The number of hydrogen-bond donors (Lipinski definition) is 0. The van der Waals surface area contributed by atoms with E-state index in [1.54, 1.807) is 15.3 Å². The van der Waals surface area contributed by atoms with Gasteiger partial charge in [0.2, 0.25) is 0 Å². The van der Waals surface area contributed by atoms with Gasteiger partial charge in [0.25, 0.3) is 0 Å². The van der Waals surface area contributed by atoms with Crippen molar-refractivity contribution in [2.75, 3.05) is 5.33 Å². The molecule has 0 nitrogen and oxygen atoms in total. The quantitative estimate of drug-likeness (QED) is 0.686. The van der Waals surface area contributed by atoms with Gasteiger partial charge in [0.15, 0.2) is 0 Å². The van der Waals surface area contributed by atoms with E-state index in [9.17, 15) is 0 Å². The van der Waals surface area contributed by atoms with E-state index in [0.29, 0.717) is 0 Å². The van der Waals surface area contributed by atoms with Crippen molar-refractivity contribution in [3.8, 4) is 0 Å². The molecule has 0 saturated carbocycles. The van der Waals surface area contributed by atoms with Gasteiger partial charge in [-0.2, -0.15) is 0 Å². The molecule has 0 spiro atoms. The lowest BCUT2D eigenvalue weighted by Crippen LogP contribution is -1.79. The van der Waals surface area contributed by atoms with Crippen LogP contribution in [0.15, 0.2) is 6.07 Å². The molecule has 0 amide bonds. The first-order valence-electron chi connectivity index (χ1n) is 4.06. The summed E-state index contributed by atoms with van der Waals surface area (Å²) >= 11 is 5.48. The molecule has 0 unspecified atom stereocenters. The first-order valence-corrected chi connectivity index (χ1v) is 6.00. The van der Waals surface area contributed by atoms with E-state index >= 15 is 0 Å². The second-order valence-electron chi connectivity index (χ2n) is 2.95. The number of thiophene rings is 1. The number of alkyl halides is 1. The van der Waals surface area contributed by atoms with Crippen molar-refractivity contribution in [2.45, 2.75) is 25.7 Å². The number of halogens is 1. The number of rotatable bonds is 2. The highest BCUT2D eigenvalue weighted by atomic mass is 79.9. The van der Waals surface area contributed by atoms with Crippen LogP contribution in [0.2, 0.25) is 0 Å². The maximum absolute atomic E-state index is 3.47. The Kier molecular flexibility index (Phi) is 2.33. The lowest BCUT2D eigenvalue weighted by Gasteiger charge is -1.89. The van der Waals surface area contributed by atoms with Crippen molar-refractivity contribution >= 4 is 27.3 Å². The fraction of sp³-hybridized carbons (Fsp3) is 0.556. The molecular formula is C9H11BrS. The molecule has 0 radical (unpaired) electrons. The van der Waals surface area contributed by atoms with Crippen molar-refractivity contribution in [1.29, 1.82) is 0 Å². The topological polar surface area (TPSA) is 0 Å². The Labute approximate surface area is 79.8 Å². The SMILES string of the molecule is BrCCc1cc2c(s1)CCC2. The second-order valence-corrected chi connectivity index (χ2v) is 4.97. The zero-order valence-electron chi connectivity index (χ0n) is 6.40. The summed E-state index contributed by atoms with van der Waals surface area (Å²) in [6.07, 6.45) is 5.25. The van der Waals surface area contributed by atoms with E-state index in [4.69, 9.17) is 0 Å². The van der Waals surface area contributed by atoms with Gasteiger partial charge in [0.1, 0.15) is 0 Å². The standard InChI is InChI=1S/C9H11BrS/c10-5-4-8-6-7-2-1-3-9(7)11-8/h6H,1-5H2. The van der Waals surface area contributed by atoms with Gasteiger partial charge < -0.3 is 0 Å². The van der Waals surface area contributed by atoms with E-state index in [-0.39, 0.29) is 0 Å². The molecule has 1 aromatic heterocycles. The largest absolute Gasteiger partial charge is 0.145 e. The van der Waals surface area contributed by atoms with Crippen molar-refractivity contribution in [3.05, 3.63) is 21.4 Å². The van der Waals surface area contributed by atoms with Crippen LogP contribution in [0.1, 0.15) is 21.7 Å². The lowest BCUT2D eigenvalue weighted by molar-refractivity contribution is 0.913. The molecular weight excluding hydrogens is 220 g/mol. The maximum Gasteiger partial charge on any atom is 0.00802 e. The highest BCUT2D eigenvalue weighted by molar-refractivity contribution is 9.09. The molecule has 0 aliphatic heterocycles. The molecule has 2 rings (SSSR count). The van der Waals surface area contributed by atoms with Gasteiger partial charge in [0, 0.05) is 15.1 Å². The average molecular weight is 231 g/mol. The molecule has 1 aliphatic carbocycles. The van der Waals surface area contributed by atoms with Gasteiger partial charge in [-0.15, -0.1) is 11.3 Å². The summed E-state index contributed by atoms with van der Waals surface area (Å²) in [5, 5.41) is 1.10. The summed E-state index contributed by atoms with van der Waals surface area (Å²) in [5.74, 6) is 0. The van der Waals surface area contributed by atoms with Crippen molar-refractivity contribution in [3.63, 3.8) is 0 Å². The Morgan fingerprint density at radius 1 is 1.45 bits per heavy atom. The van der Waals surface area contributed by atoms with Crippen LogP contribution in [0.4, 0.5) is 0 Å². The first kappa shape index (κ1) is 7.81. The van der Waals surface area contributed by atoms with E-state index in [1.165, 1.54) is 25.7 Å². The summed E-state index contributed by atoms with van der Waals surface area (Å²) in [4.78, 5) is 3.22. The lowest BCUT2D eigenvalue weighted by atomic mass is 10.2. The molecule has 0 N–H and O–H groups in total. The van der Waals surface area contributed by atoms with Gasteiger partial charge in [-0.25, -0.2) is 0 Å². The minimum atomic E-state index is 1.10. The van der Waals surface area contributed by atoms with Gasteiger partial charge >= 0.3 is 0 Å². The number of fused-ring (bicyclic) bond motifs is 1. The van der Waals surface area contributed by atoms with E-state index in [0.717, 1.165) is 5.33 Å². The predicted octanol–water partition coefficient (Wildman–Crippen LogP) is 3.17. The Balaban J connectivity index is 2.20. The summed E-state index contributed by atoms with van der Waals surface area (Å²) in [7, 11) is 0. The van der Waals surface area contributed by atoms with Crippen molar-refractivity contribution < 1.29 is 0 Å².